The van der Waals surface area contributed by atoms with Gasteiger partial charge in [0.15, 0.2) is 0 Å². The van der Waals surface area contributed by atoms with Crippen LogP contribution in [0.1, 0.15) is 136 Å². The second-order valence-electron chi connectivity index (χ2n) is 17.1. The third-order valence-corrected chi connectivity index (χ3v) is 13.5. The van der Waals surface area contributed by atoms with Gasteiger partial charge in [0, 0.05) is 36.3 Å². The minimum absolute atomic E-state index is 0.0511. The van der Waals surface area contributed by atoms with Gasteiger partial charge in [0.1, 0.15) is 0 Å². The third-order valence-electron chi connectivity index (χ3n) is 13.5. The van der Waals surface area contributed by atoms with Crippen molar-refractivity contribution in [2.45, 2.75) is 132 Å². The van der Waals surface area contributed by atoms with E-state index >= 15 is 0 Å². The molecule has 2 saturated heterocycles. The molecule has 3 N–H and O–H groups in total. The summed E-state index contributed by atoms with van der Waals surface area (Å²) in [5.74, 6) is -1.13. The largest absolute Gasteiger partial charge is 0.490 e. The minimum atomic E-state index is -5.08. The number of fused-ring (bicyclic) bond motifs is 10. The monoisotopic (exact) mass is 765 g/mol. The van der Waals surface area contributed by atoms with Crippen molar-refractivity contribution >= 4 is 17.8 Å². The molecule has 55 heavy (non-hydrogen) atoms. The summed E-state index contributed by atoms with van der Waals surface area (Å²) >= 11 is 0. The highest BCUT2D eigenvalue weighted by molar-refractivity contribution is 5.81. The fraction of sp³-hybridized carbons (Fsp3) is 0.651. The lowest BCUT2D eigenvalue weighted by atomic mass is 9.84. The Kier molecular flexibility index (Phi) is 12.5. The molecule has 4 heterocycles. The van der Waals surface area contributed by atoms with E-state index in [1.165, 1.54) is 77.3 Å². The second kappa shape index (κ2) is 17.3. The summed E-state index contributed by atoms with van der Waals surface area (Å²) in [7, 11) is 1.89. The number of halogens is 3. The Morgan fingerprint density at radius 3 is 1.22 bits per heavy atom. The van der Waals surface area contributed by atoms with Crippen LogP contribution in [0.15, 0.2) is 48.5 Å². The molecule has 4 bridgehead atoms. The summed E-state index contributed by atoms with van der Waals surface area (Å²) in [5, 5.41) is 13.7. The van der Waals surface area contributed by atoms with Crippen molar-refractivity contribution in [3.8, 4) is 0 Å². The number of likely N-dealkylation sites (N-methyl/N-ethyl adjacent to an activating group) is 1. The zero-order chi connectivity index (χ0) is 38.7. The van der Waals surface area contributed by atoms with Gasteiger partial charge >= 0.3 is 12.1 Å². The van der Waals surface area contributed by atoms with Crippen LogP contribution in [0.2, 0.25) is 0 Å². The molecule has 300 valence electrons. The van der Waals surface area contributed by atoms with E-state index in [0.29, 0.717) is 24.2 Å². The number of carbonyl (C=O) groups is 3. The van der Waals surface area contributed by atoms with Gasteiger partial charge in [-0.2, -0.15) is 13.2 Å². The first kappa shape index (κ1) is 39.7. The number of alkyl halides is 3. The van der Waals surface area contributed by atoms with E-state index in [1.54, 1.807) is 22.3 Å². The van der Waals surface area contributed by atoms with E-state index in [0.717, 1.165) is 37.5 Å². The molecule has 2 aromatic rings. The first-order chi connectivity index (χ1) is 26.4. The molecular formula is C43H58F3N5O4. The average molecular weight is 766 g/mol. The molecule has 4 fully saturated rings. The van der Waals surface area contributed by atoms with Gasteiger partial charge in [-0.3, -0.25) is 24.3 Å². The topological polar surface area (TPSA) is 105 Å². The van der Waals surface area contributed by atoms with Gasteiger partial charge in [-0.1, -0.05) is 48.5 Å². The molecule has 0 aromatic heterocycles. The number of aliphatic carboxylic acids is 1. The van der Waals surface area contributed by atoms with Gasteiger partial charge in [-0.25, -0.2) is 4.79 Å². The van der Waals surface area contributed by atoms with Gasteiger partial charge in [-0.05, 0) is 144 Å². The molecule has 2 aromatic carbocycles. The zero-order valence-electron chi connectivity index (χ0n) is 32.1. The molecule has 6 aliphatic rings. The van der Waals surface area contributed by atoms with E-state index in [2.05, 4.69) is 69.0 Å². The number of carboxylic acid groups (broad SMARTS) is 1. The molecule has 8 rings (SSSR count). The standard InChI is InChI=1S/C41H57N5O2.C2HF3O2/c1-44(26-40(47)42-30-14-10-28(11-15-30)22-24-45-36-18-19-37(45)33-7-3-2-6-32(33)36)27-41(48)43-31-16-12-29(13-17-31)23-25-46-38-20-21-39(46)35-9-5-4-8-34(35)38;3-2(4,5)1(6)7/h2-9,28-31,36-39H,10-27H2,1H3,(H,42,47)(H,43,48);(H,6,7)/t28?,29?,30?,31?,36-,37+,38-,39?;/m1./s1. The lowest BCUT2D eigenvalue weighted by Gasteiger charge is -2.32. The predicted octanol–water partition coefficient (Wildman–Crippen LogP) is 7.47. The van der Waals surface area contributed by atoms with E-state index in [9.17, 15) is 22.8 Å². The molecule has 2 amide bonds. The summed E-state index contributed by atoms with van der Waals surface area (Å²) in [6.07, 6.45) is 11.8. The van der Waals surface area contributed by atoms with Crippen LogP contribution in [0.5, 0.6) is 0 Å². The number of rotatable bonds is 12. The SMILES string of the molecule is CN(CC(=O)NC1CCC(CCN2C3CC[C@@H]2c2ccccc23)CC1)CC(=O)NC1CCC(CCN2[C@@H]3CC[C@H]2c2ccccc23)CC1.O=C(O)C(F)(F)F. The number of hydrogen-bond donors (Lipinski definition) is 3. The van der Waals surface area contributed by atoms with Gasteiger partial charge in [0.2, 0.25) is 11.8 Å². The molecule has 2 saturated carbocycles. The smallest absolute Gasteiger partial charge is 0.475 e. The number of benzene rings is 2. The fourth-order valence-corrected chi connectivity index (χ4v) is 10.9. The number of carboxylic acids is 1. The number of carbonyl (C=O) groups excluding carboxylic acids is 2. The van der Waals surface area contributed by atoms with Crippen molar-refractivity contribution in [1.29, 1.82) is 0 Å². The summed E-state index contributed by atoms with van der Waals surface area (Å²) in [5.41, 5.74) is 6.30. The maximum Gasteiger partial charge on any atom is 0.490 e. The molecule has 2 aliphatic carbocycles. The average Bonchev–Trinajstić information content (AvgIpc) is 3.92. The van der Waals surface area contributed by atoms with Crippen LogP contribution in [-0.4, -0.2) is 89.1 Å². The molecule has 1 unspecified atom stereocenters. The highest BCUT2D eigenvalue weighted by Gasteiger charge is 2.44. The van der Waals surface area contributed by atoms with Crippen molar-refractivity contribution in [3.05, 3.63) is 70.8 Å². The van der Waals surface area contributed by atoms with Crippen molar-refractivity contribution < 1.29 is 32.7 Å². The molecular weight excluding hydrogens is 707 g/mol. The van der Waals surface area contributed by atoms with Gasteiger partial charge in [0.25, 0.3) is 0 Å². The summed E-state index contributed by atoms with van der Waals surface area (Å²) in [4.78, 5) is 42.0. The maximum absolute atomic E-state index is 12.9. The zero-order valence-corrected chi connectivity index (χ0v) is 32.1. The third kappa shape index (κ3) is 9.39. The Hall–Kier alpha value is -3.48. The van der Waals surface area contributed by atoms with E-state index in [-0.39, 0.29) is 37.0 Å². The van der Waals surface area contributed by atoms with Crippen molar-refractivity contribution in [2.75, 3.05) is 33.2 Å². The van der Waals surface area contributed by atoms with Crippen LogP contribution in [0, 0.1) is 11.8 Å². The first-order valence-electron chi connectivity index (χ1n) is 20.7. The molecule has 0 spiro atoms. The normalized spacial score (nSPS) is 29.7. The van der Waals surface area contributed by atoms with Crippen LogP contribution in [0.4, 0.5) is 13.2 Å². The Bertz CT molecular complexity index is 1490. The van der Waals surface area contributed by atoms with Crippen LogP contribution in [0.3, 0.4) is 0 Å². The first-order valence-corrected chi connectivity index (χ1v) is 20.7. The van der Waals surface area contributed by atoms with Gasteiger partial charge in [0.05, 0.1) is 13.1 Å². The molecule has 4 atom stereocenters. The molecule has 12 heteroatoms. The molecule has 9 nitrogen and oxygen atoms in total. The lowest BCUT2D eigenvalue weighted by molar-refractivity contribution is -0.192. The van der Waals surface area contributed by atoms with Gasteiger partial charge in [-0.15, -0.1) is 0 Å². The highest BCUT2D eigenvalue weighted by Crippen LogP contribution is 2.54. The summed E-state index contributed by atoms with van der Waals surface area (Å²) in [6.45, 7) is 2.96. The molecule has 0 radical (unpaired) electrons. The van der Waals surface area contributed by atoms with E-state index < -0.39 is 12.1 Å². The maximum atomic E-state index is 12.9. The van der Waals surface area contributed by atoms with Crippen LogP contribution in [0.25, 0.3) is 0 Å². The Morgan fingerprint density at radius 2 is 0.927 bits per heavy atom. The second-order valence-corrected chi connectivity index (χ2v) is 17.1. The van der Waals surface area contributed by atoms with E-state index in [1.807, 2.05) is 11.9 Å². The number of hydrogen-bond acceptors (Lipinski definition) is 6. The Balaban J connectivity index is 0.000000609. The number of nitrogens with zero attached hydrogens (tertiary/aromatic N) is 3. The quantitative estimate of drug-likeness (QED) is 0.206. The molecule has 4 aliphatic heterocycles. The van der Waals surface area contributed by atoms with E-state index in [4.69, 9.17) is 9.90 Å². The van der Waals surface area contributed by atoms with Crippen LogP contribution >= 0.6 is 0 Å². The van der Waals surface area contributed by atoms with Gasteiger partial charge < -0.3 is 15.7 Å². The van der Waals surface area contributed by atoms with Crippen molar-refractivity contribution in [1.82, 2.24) is 25.3 Å². The Morgan fingerprint density at radius 1 is 0.618 bits per heavy atom. The summed E-state index contributed by atoms with van der Waals surface area (Å²) < 4.78 is 31.7. The predicted molar refractivity (Wildman–Crippen MR) is 204 cm³/mol. The Labute approximate surface area is 323 Å². The lowest BCUT2D eigenvalue weighted by Crippen LogP contribution is -2.46. The number of amides is 2. The number of nitrogens with one attached hydrogen (secondary N) is 2. The highest BCUT2D eigenvalue weighted by atomic mass is 19.4. The van der Waals surface area contributed by atoms with Crippen molar-refractivity contribution in [2.24, 2.45) is 11.8 Å². The fourth-order valence-electron chi connectivity index (χ4n) is 10.9. The van der Waals surface area contributed by atoms with Crippen LogP contribution in [-0.2, 0) is 14.4 Å². The van der Waals surface area contributed by atoms with Crippen molar-refractivity contribution in [3.63, 3.8) is 0 Å². The minimum Gasteiger partial charge on any atom is -0.475 e. The summed E-state index contributed by atoms with van der Waals surface area (Å²) in [6, 6.07) is 21.3. The van der Waals surface area contributed by atoms with Crippen LogP contribution < -0.4 is 10.6 Å².